The van der Waals surface area contributed by atoms with Crippen molar-refractivity contribution in [3.63, 3.8) is 0 Å². The molecule has 0 unspecified atom stereocenters. The highest BCUT2D eigenvalue weighted by molar-refractivity contribution is 8.28. The zero-order chi connectivity index (χ0) is 97.6. The van der Waals surface area contributed by atoms with Gasteiger partial charge in [-0.15, -0.1) is 0 Å². The van der Waals surface area contributed by atoms with Gasteiger partial charge in [-0.25, -0.2) is 15.0 Å². The molecule has 0 aliphatic carbocycles. The van der Waals surface area contributed by atoms with Gasteiger partial charge in [-0.1, -0.05) is 188 Å². The lowest BCUT2D eigenvalue weighted by atomic mass is 10.1. The molecule has 137 heavy (non-hydrogen) atoms. The van der Waals surface area contributed by atoms with E-state index in [-0.39, 0.29) is 54.9 Å². The van der Waals surface area contributed by atoms with Crippen molar-refractivity contribution in [1.82, 2.24) is 62.5 Å². The van der Waals surface area contributed by atoms with Gasteiger partial charge in [0.2, 0.25) is 5.91 Å². The fourth-order valence-corrected chi connectivity index (χ4v) is 21.4. The topological polar surface area (TPSA) is 317 Å². The lowest BCUT2D eigenvalue weighted by Gasteiger charge is -2.34. The predicted octanol–water partition coefficient (Wildman–Crippen LogP) is 11.9. The second-order valence-electron chi connectivity index (χ2n) is 33.0. The van der Waals surface area contributed by atoms with Crippen LogP contribution in [0, 0.1) is 13.8 Å². The van der Waals surface area contributed by atoms with E-state index < -0.39 is 58.4 Å². The lowest BCUT2D eigenvalue weighted by Crippen LogP contribution is -2.45. The summed E-state index contributed by atoms with van der Waals surface area (Å²) < 4.78 is 80.8. The number of methoxy groups -OCH3 is 1. The summed E-state index contributed by atoms with van der Waals surface area (Å²) in [7, 11) is 3.50. The average Bonchev–Trinajstić information content (AvgIpc) is 1.61. The zero-order valence-electron chi connectivity index (χ0n) is 75.2. The molecule has 31 nitrogen and oxygen atoms in total. The van der Waals surface area contributed by atoms with Crippen LogP contribution in [0.1, 0.15) is 69.8 Å². The van der Waals surface area contributed by atoms with Crippen LogP contribution in [-0.4, -0.2) is 260 Å². The van der Waals surface area contributed by atoms with E-state index in [9.17, 15) is 64.7 Å². The molecule has 8 aliphatic heterocycles. The molecule has 0 radical (unpaired) electrons. The Labute approximate surface area is 824 Å². The number of aryl methyl sites for hydroxylation is 2. The number of amides is 6. The van der Waals surface area contributed by atoms with Crippen molar-refractivity contribution in [1.29, 1.82) is 0 Å². The number of carbonyl (C=O) groups excluding carboxylic acids is 6. The van der Waals surface area contributed by atoms with Crippen molar-refractivity contribution in [2.24, 2.45) is 0 Å². The van der Waals surface area contributed by atoms with E-state index in [4.69, 9.17) is 73.1 Å². The number of carbonyl (C=O) groups is 6. The summed E-state index contributed by atoms with van der Waals surface area (Å²) in [6.45, 7) is 16.3. The fourth-order valence-electron chi connectivity index (χ4n) is 15.8. The van der Waals surface area contributed by atoms with Gasteiger partial charge < -0.3 is 39.5 Å². The second-order valence-corrected chi connectivity index (χ2v) is 41.2. The molecule has 0 spiro atoms. The molecule has 14 heterocycles. The third-order valence-corrected chi connectivity index (χ3v) is 29.7. The average molecular weight is 2030 g/mol. The maximum atomic E-state index is 13.6. The highest BCUT2D eigenvalue weighted by Gasteiger charge is 2.44. The van der Waals surface area contributed by atoms with Crippen LogP contribution in [0.3, 0.4) is 0 Å². The number of thioether (sulfide) groups is 4. The van der Waals surface area contributed by atoms with Crippen molar-refractivity contribution >= 4 is 228 Å². The first-order chi connectivity index (χ1) is 65.5. The number of benzene rings is 4. The predicted molar refractivity (Wildman–Crippen MR) is 549 cm³/mol. The van der Waals surface area contributed by atoms with Crippen LogP contribution in [-0.2, 0) is 58.2 Å². The first kappa shape index (κ1) is 99.7. The zero-order valence-corrected chi connectivity index (χ0v) is 82.6. The summed E-state index contributed by atoms with van der Waals surface area (Å²) in [6, 6.07) is 40.5. The summed E-state index contributed by atoms with van der Waals surface area (Å²) >= 11 is 26.2. The number of unbranched alkanes of at least 4 members (excludes halogenated alkanes) is 1. The van der Waals surface area contributed by atoms with E-state index in [1.165, 1.54) is 39.7 Å². The van der Waals surface area contributed by atoms with Crippen molar-refractivity contribution in [3.8, 4) is 5.75 Å². The largest absolute Gasteiger partial charge is 0.497 e. The van der Waals surface area contributed by atoms with Crippen LogP contribution in [0.5, 0.6) is 5.75 Å². The van der Waals surface area contributed by atoms with E-state index in [1.54, 1.807) is 97.8 Å². The number of pyridine rings is 3. The third-order valence-electron chi connectivity index (χ3n) is 23.4. The summed E-state index contributed by atoms with van der Waals surface area (Å²) in [4.78, 5) is 155. The normalized spacial score (nSPS) is 18.4. The Bertz CT molecular complexity index is 6960. The Morgan fingerprint density at radius 3 is 1.50 bits per heavy atom. The first-order valence-corrected chi connectivity index (χ1v) is 49.9. The number of likely N-dealkylation sites (N-methyl/N-ethyl adjacent to an activating group) is 3. The summed E-state index contributed by atoms with van der Waals surface area (Å²) in [5.74, 6) is -0.730. The number of rotatable bonds is 20. The third kappa shape index (κ3) is 22.8. The minimum absolute atomic E-state index is 0.0000668. The molecule has 0 atom stereocenters. The van der Waals surface area contributed by atoms with E-state index >= 15 is 0 Å². The molecule has 18 rings (SSSR count). The number of halogens is 3. The van der Waals surface area contributed by atoms with Crippen LogP contribution < -0.4 is 46.3 Å². The Morgan fingerprint density at radius 1 is 0.504 bits per heavy atom. The van der Waals surface area contributed by atoms with Crippen LogP contribution in [0.2, 0.25) is 0 Å². The summed E-state index contributed by atoms with van der Waals surface area (Å²) in [6.07, 6.45) is 7.61. The summed E-state index contributed by atoms with van der Waals surface area (Å²) in [5.41, 5.74) is 6.25. The second kappa shape index (κ2) is 43.1. The molecular formula is C94H93F3N18O13S9. The van der Waals surface area contributed by atoms with Crippen molar-refractivity contribution < 1.29 is 59.6 Å². The number of piperazine rings is 3. The Hall–Kier alpha value is -11.7. The van der Waals surface area contributed by atoms with Crippen LogP contribution in [0.25, 0.3) is 40.7 Å². The molecule has 10 aromatic rings. The Kier molecular flexibility index (Phi) is 31.4. The van der Waals surface area contributed by atoms with Gasteiger partial charge >= 0.3 is 6.18 Å². The molecule has 7 saturated heterocycles. The molecule has 2 N–H and O–H groups in total. The van der Waals surface area contributed by atoms with E-state index in [1.807, 2.05) is 105 Å². The van der Waals surface area contributed by atoms with Gasteiger partial charge in [-0.2, -0.15) is 21.6 Å². The highest BCUT2D eigenvalue weighted by atomic mass is 32.2. The Balaban J connectivity index is 0.000000139. The van der Waals surface area contributed by atoms with Gasteiger partial charge in [0.15, 0.2) is 0 Å². The standard InChI is InChI=1S/C25H25N5O3S2.C25H25N5O2S2.C22H16F3N3O6S3.C22H27N5O2S2/c1-27-11-13-28(14-12-27)22-19(23(31)29-10-4-3-5-21(29)26-22)15-20-24(32)30(25(34)35-20)16-17-6-8-18(33-2)9-7-17;1-17-8-9-21-26-22(28-12-10-27(2)11-13-28)19(23(31)29(21)15-17)14-20-24(32)30(25(33)34-20)16-18-6-4-3-5-7-18;23-22(24,25)12-5-7-13(8-6-12)26-16(29)11-28-15-4-2-1-3-14(15)17(19(28)30)18-20(31)27(21(35)36-18)9-10-37(32,33)34;1-4-5-8-27-21(29)17(31-22(27)30)14-16-19(25-12-10-24(3)11-13-25)23-18-15(2)7-6-9-26(18)20(16)28/h3-10,15H,11-14,16H2,1-2H3;3-9,14-15H,10-13,16H2,1-2H3;1-8H,9-11H2,(H,26,29)(H,32,33,34);6-7,9,14H,4-5,8,10-13H2,1-3H3/b20-15-;20-14-;18-17-;17-14-. The quantitative estimate of drug-likeness (QED) is 0.0407. The molecule has 4 aromatic carbocycles. The monoisotopic (exact) mass is 2030 g/mol. The van der Waals surface area contributed by atoms with Crippen LogP contribution >= 0.6 is 95.9 Å². The number of para-hydroxylation sites is 1. The molecule has 0 saturated carbocycles. The molecule has 8 aliphatic rings. The minimum Gasteiger partial charge on any atom is -0.497 e. The van der Waals surface area contributed by atoms with E-state index in [0.29, 0.717) is 110 Å². The molecular weight excluding hydrogens is 1930 g/mol. The molecule has 7 fully saturated rings. The van der Waals surface area contributed by atoms with E-state index in [0.717, 1.165) is 165 Å². The lowest BCUT2D eigenvalue weighted by molar-refractivity contribution is -0.137. The molecule has 0 bridgehead atoms. The molecule has 43 heteroatoms. The van der Waals surface area contributed by atoms with Gasteiger partial charge in [-0.3, -0.25) is 85.4 Å². The number of anilines is 5. The van der Waals surface area contributed by atoms with Gasteiger partial charge in [0.05, 0.1) is 79.1 Å². The van der Waals surface area contributed by atoms with E-state index in [2.05, 4.69) is 62.8 Å². The number of alkyl halides is 3. The number of fused-ring (bicyclic) bond motifs is 4. The number of nitrogens with zero attached hydrogens (tertiary/aromatic N) is 17. The number of aromatic nitrogens is 6. The number of ether oxygens (including phenoxy) is 1. The Morgan fingerprint density at radius 2 is 0.971 bits per heavy atom. The SMILES string of the molecule is CCCCN1C(=O)/C(=C/c2c(N3CCN(C)CC3)nc3c(C)cccn3c2=O)SC1=S.COc1ccc(CN2C(=O)/C(=C/c3c(N4CCN(C)CC4)nc4ccccn4c3=O)SC2=S)cc1.Cc1ccc2nc(N3CCN(C)CC3)c(/C=C3\SC(=S)N(Cc4ccccc4)C3=O)c(=O)n2c1.O=C(CN1C(=O)/C(=C2\SC(=S)N(CCS(=O)(=O)O)C2=O)c2ccccc21)Nc1ccc(C(F)(F)F)cc1. The molecule has 712 valence electrons. The van der Waals surface area contributed by atoms with Gasteiger partial charge in [0.25, 0.3) is 56.3 Å². The number of nitrogens with one attached hydrogen (secondary N) is 1. The van der Waals surface area contributed by atoms with Crippen LogP contribution in [0.4, 0.5) is 42.0 Å². The smallest absolute Gasteiger partial charge is 0.416 e. The fraction of sp³-hybridized carbons (Fsp3) is 0.298. The minimum atomic E-state index is -4.53. The van der Waals surface area contributed by atoms with Crippen molar-refractivity contribution in [3.05, 3.63) is 265 Å². The maximum Gasteiger partial charge on any atom is 0.416 e. The summed E-state index contributed by atoms with van der Waals surface area (Å²) in [5, 5.41) is 2.44. The van der Waals surface area contributed by atoms with Crippen molar-refractivity contribution in [2.45, 2.75) is 52.9 Å². The maximum absolute atomic E-state index is 13.6. The van der Waals surface area contributed by atoms with Gasteiger partial charge in [0.1, 0.15) is 64.0 Å². The molecule has 6 aromatic heterocycles. The number of thiocarbonyl (C=S) groups is 4. The van der Waals surface area contributed by atoms with Gasteiger partial charge in [0, 0.05) is 121 Å². The number of hydrogen-bond acceptors (Lipinski definition) is 29. The van der Waals surface area contributed by atoms with Gasteiger partial charge in [-0.05, 0) is 149 Å². The highest BCUT2D eigenvalue weighted by Crippen LogP contribution is 2.46. The van der Waals surface area contributed by atoms with Crippen LogP contribution in [0.15, 0.2) is 198 Å². The molecule has 6 amide bonds. The van der Waals surface area contributed by atoms with Crippen molar-refractivity contribution in [2.75, 3.05) is 157 Å². The first-order valence-electron chi connectivity index (χ1n) is 43.4. The number of hydrogen-bond donors (Lipinski definition) is 2.